The minimum atomic E-state index is -3.54. The zero-order chi connectivity index (χ0) is 13.8. The maximum Gasteiger partial charge on any atom is 1.00 e. The zero-order valence-corrected chi connectivity index (χ0v) is 14.6. The van der Waals surface area contributed by atoms with Crippen molar-refractivity contribution < 1.29 is 57.7 Å². The molecule has 0 aliphatic carbocycles. The summed E-state index contributed by atoms with van der Waals surface area (Å²) in [6.45, 7) is 1.56. The van der Waals surface area contributed by atoms with Gasteiger partial charge < -0.3 is 10.4 Å². The summed E-state index contributed by atoms with van der Waals surface area (Å²) >= 11 is 5.90. The van der Waals surface area contributed by atoms with Crippen LogP contribution >= 0.6 is 23.6 Å². The average Bonchev–Trinajstić information content (AvgIpc) is 2.29. The van der Waals surface area contributed by atoms with Crippen LogP contribution in [0.4, 0.5) is 0 Å². The summed E-state index contributed by atoms with van der Waals surface area (Å²) in [7, 11) is -3.54. The van der Waals surface area contributed by atoms with E-state index in [1.807, 2.05) is 0 Å². The summed E-state index contributed by atoms with van der Waals surface area (Å²) in [5.41, 5.74) is 0.412. The molecule has 0 aromatic heterocycles. The minimum Gasteiger partial charge on any atom is -0.691 e. The van der Waals surface area contributed by atoms with Crippen LogP contribution < -0.4 is 34.8 Å². The van der Waals surface area contributed by atoms with Crippen LogP contribution in [0.25, 0.3) is 0 Å². The molecule has 19 heavy (non-hydrogen) atoms. The Kier molecular flexibility index (Phi) is 8.93. The summed E-state index contributed by atoms with van der Waals surface area (Å²) < 4.78 is 27.7. The Morgan fingerprint density at radius 1 is 1.47 bits per heavy atom. The van der Waals surface area contributed by atoms with Crippen molar-refractivity contribution in [3.8, 4) is 5.75 Å². The van der Waals surface area contributed by atoms with E-state index in [0.29, 0.717) is 17.6 Å². The van der Waals surface area contributed by atoms with Gasteiger partial charge in [-0.2, -0.15) is 4.33 Å². The van der Waals surface area contributed by atoms with E-state index in [9.17, 15) is 18.8 Å². The van der Waals surface area contributed by atoms with Crippen molar-refractivity contribution in [1.82, 2.24) is 0 Å². The van der Waals surface area contributed by atoms with Crippen LogP contribution in [0.15, 0.2) is 21.9 Å². The van der Waals surface area contributed by atoms with Crippen molar-refractivity contribution in [2.75, 3.05) is 11.6 Å². The van der Waals surface area contributed by atoms with Gasteiger partial charge in [-0.25, -0.2) is 8.42 Å². The van der Waals surface area contributed by atoms with Gasteiger partial charge in [-0.15, -0.1) is 11.6 Å². The number of benzene rings is 1. The SMILES string of the molecule is Cc1cc(SOO[O-])c(O)cc1S(=O)(=O)CCCl.[Na+]. The second-order valence-corrected chi connectivity index (χ2v) is 6.51. The molecular weight excluding hydrogens is 327 g/mol. The number of aromatic hydroxyl groups is 1. The smallest absolute Gasteiger partial charge is 0.691 e. The molecule has 0 heterocycles. The second-order valence-electron chi connectivity index (χ2n) is 3.31. The Hall–Kier alpha value is 0.490. The van der Waals surface area contributed by atoms with Crippen molar-refractivity contribution in [2.45, 2.75) is 16.7 Å². The molecule has 102 valence electrons. The third kappa shape index (κ3) is 5.41. The number of hydrogen-bond donors (Lipinski definition) is 1. The molecule has 1 aromatic carbocycles. The van der Waals surface area contributed by atoms with Gasteiger partial charge in [0.2, 0.25) is 0 Å². The van der Waals surface area contributed by atoms with Crippen LogP contribution in [0.2, 0.25) is 0 Å². The number of alkyl halides is 1. The fraction of sp³-hybridized carbons (Fsp3) is 0.333. The molecule has 0 saturated carbocycles. The maximum absolute atomic E-state index is 11.8. The van der Waals surface area contributed by atoms with Gasteiger partial charge in [-0.3, -0.25) is 5.04 Å². The number of phenols is 1. The largest absolute Gasteiger partial charge is 1.00 e. The van der Waals surface area contributed by atoms with Crippen LogP contribution in [-0.4, -0.2) is 25.2 Å². The van der Waals surface area contributed by atoms with E-state index in [-0.39, 0.29) is 56.7 Å². The van der Waals surface area contributed by atoms with Gasteiger partial charge in [0.25, 0.3) is 0 Å². The van der Waals surface area contributed by atoms with Gasteiger partial charge in [0.1, 0.15) is 5.75 Å². The van der Waals surface area contributed by atoms with E-state index in [1.54, 1.807) is 6.92 Å². The number of hydrogen-bond acceptors (Lipinski definition) is 7. The van der Waals surface area contributed by atoms with Crippen LogP contribution in [-0.2, 0) is 19.2 Å². The molecule has 0 aliphatic rings. The monoisotopic (exact) mass is 336 g/mol. The van der Waals surface area contributed by atoms with Crippen LogP contribution in [0.1, 0.15) is 5.56 Å². The quantitative estimate of drug-likeness (QED) is 0.210. The molecule has 0 spiro atoms. The first kappa shape index (κ1) is 19.5. The molecular formula is C9H10ClNaO6S2. The molecule has 0 saturated heterocycles. The number of halogens is 1. The topological polar surface area (TPSA) is 95.9 Å². The number of aryl methyl sites for hydroxylation is 1. The van der Waals surface area contributed by atoms with Gasteiger partial charge in [-0.1, -0.05) is 0 Å². The predicted molar refractivity (Wildman–Crippen MR) is 63.6 cm³/mol. The first-order valence-corrected chi connectivity index (χ1v) is 7.60. The summed E-state index contributed by atoms with van der Waals surface area (Å²) in [5, 5.41) is 22.4. The van der Waals surface area contributed by atoms with Crippen LogP contribution in [0.5, 0.6) is 5.75 Å². The number of rotatable bonds is 6. The van der Waals surface area contributed by atoms with Gasteiger partial charge in [0.05, 0.1) is 27.6 Å². The Morgan fingerprint density at radius 3 is 2.63 bits per heavy atom. The Labute approximate surface area is 142 Å². The molecule has 0 amide bonds. The van der Waals surface area contributed by atoms with E-state index in [4.69, 9.17) is 11.6 Å². The van der Waals surface area contributed by atoms with Crippen molar-refractivity contribution >= 4 is 33.5 Å². The second kappa shape index (κ2) is 8.71. The molecule has 0 fully saturated rings. The molecule has 1 N–H and O–H groups in total. The van der Waals surface area contributed by atoms with Crippen molar-refractivity contribution in [1.29, 1.82) is 0 Å². The number of phenolic OH excluding ortho intramolecular Hbond substituents is 1. The molecule has 1 aromatic rings. The third-order valence-corrected chi connectivity index (χ3v) is 4.98. The fourth-order valence-corrected chi connectivity index (χ4v) is 3.66. The first-order chi connectivity index (χ1) is 8.42. The molecule has 10 heteroatoms. The van der Waals surface area contributed by atoms with E-state index in [0.717, 1.165) is 6.07 Å². The molecule has 0 bridgehead atoms. The maximum atomic E-state index is 11.8. The Bertz CT molecular complexity index is 522. The average molecular weight is 337 g/mol. The first-order valence-electron chi connectivity index (χ1n) is 4.68. The molecule has 0 aliphatic heterocycles. The van der Waals surface area contributed by atoms with Gasteiger partial charge in [0.15, 0.2) is 9.84 Å². The van der Waals surface area contributed by atoms with Crippen molar-refractivity contribution in [3.05, 3.63) is 17.7 Å². The van der Waals surface area contributed by atoms with Crippen molar-refractivity contribution in [2.24, 2.45) is 0 Å². The third-order valence-electron chi connectivity index (χ3n) is 2.09. The summed E-state index contributed by atoms with van der Waals surface area (Å²) in [6.07, 6.45) is 0. The van der Waals surface area contributed by atoms with Crippen LogP contribution in [0.3, 0.4) is 0 Å². The predicted octanol–water partition coefficient (Wildman–Crippen LogP) is -2.05. The van der Waals surface area contributed by atoms with E-state index in [2.05, 4.69) is 9.37 Å². The molecule has 1 rings (SSSR count). The minimum absolute atomic E-state index is 0. The number of sulfone groups is 1. The Morgan fingerprint density at radius 2 is 2.11 bits per heavy atom. The van der Waals surface area contributed by atoms with E-state index < -0.39 is 9.84 Å². The zero-order valence-electron chi connectivity index (χ0n) is 10.3. The van der Waals surface area contributed by atoms with Gasteiger partial charge in [-0.05, 0) is 18.6 Å². The molecule has 0 atom stereocenters. The van der Waals surface area contributed by atoms with E-state index in [1.165, 1.54) is 6.07 Å². The summed E-state index contributed by atoms with van der Waals surface area (Å²) in [5.74, 6) is -0.580. The van der Waals surface area contributed by atoms with Crippen molar-refractivity contribution in [3.63, 3.8) is 0 Å². The molecule has 0 radical (unpaired) electrons. The standard InChI is InChI=1S/C9H11ClO6S2.Na/c1-6-4-8(17-16-15-12)7(11)5-9(6)18(13,14)3-2-10;/h4-5,11-12H,2-3H2,1H3;/q;+1/p-1. The van der Waals surface area contributed by atoms with Crippen LogP contribution in [0, 0.1) is 6.92 Å². The summed E-state index contributed by atoms with van der Waals surface area (Å²) in [4.78, 5) is 0.168. The summed E-state index contributed by atoms with van der Waals surface area (Å²) in [6, 6.07) is 2.47. The fourth-order valence-electron chi connectivity index (χ4n) is 1.31. The Balaban J connectivity index is 0.00000324. The molecule has 0 unspecified atom stereocenters. The van der Waals surface area contributed by atoms with Gasteiger partial charge >= 0.3 is 29.6 Å². The molecule has 6 nitrogen and oxygen atoms in total. The van der Waals surface area contributed by atoms with E-state index >= 15 is 0 Å². The van der Waals surface area contributed by atoms with Gasteiger partial charge in [0, 0.05) is 11.9 Å². The normalized spacial score (nSPS) is 11.1.